The van der Waals surface area contributed by atoms with Crippen LogP contribution in [0, 0.1) is 6.92 Å². The van der Waals surface area contributed by atoms with Crippen LogP contribution in [0.15, 0.2) is 71.1 Å². The Labute approximate surface area is 141 Å². The molecule has 0 saturated carbocycles. The third kappa shape index (κ3) is 2.61. The van der Waals surface area contributed by atoms with E-state index in [2.05, 4.69) is 50.2 Å². The van der Waals surface area contributed by atoms with Gasteiger partial charge >= 0.3 is 0 Å². The third-order valence-corrected chi connectivity index (χ3v) is 4.44. The Morgan fingerprint density at radius 2 is 1.58 bits per heavy atom. The third-order valence-electron chi connectivity index (χ3n) is 4.44. The van der Waals surface area contributed by atoms with E-state index in [1.165, 1.54) is 5.56 Å². The second-order valence-corrected chi connectivity index (χ2v) is 6.02. The van der Waals surface area contributed by atoms with Gasteiger partial charge in [-0.1, -0.05) is 37.3 Å². The molecule has 0 N–H and O–H groups in total. The van der Waals surface area contributed by atoms with Gasteiger partial charge in [-0.25, -0.2) is 0 Å². The number of furan rings is 1. The molecule has 0 radical (unpaired) electrons. The van der Waals surface area contributed by atoms with Crippen LogP contribution in [0.1, 0.15) is 18.2 Å². The number of aryl methyl sites for hydroxylation is 2. The van der Waals surface area contributed by atoms with Crippen LogP contribution in [0.5, 0.6) is 0 Å². The Balaban J connectivity index is 1.77. The molecule has 4 aromatic rings. The zero-order valence-electron chi connectivity index (χ0n) is 13.9. The number of fused-ring (bicyclic) bond motifs is 1. The average molecular weight is 313 g/mol. The van der Waals surface area contributed by atoms with E-state index in [1.807, 2.05) is 30.3 Å². The first kappa shape index (κ1) is 14.7. The van der Waals surface area contributed by atoms with Crippen molar-refractivity contribution in [3.05, 3.63) is 78.0 Å². The lowest BCUT2D eigenvalue weighted by Gasteiger charge is -2.06. The number of benzene rings is 2. The number of hydrogen-bond acceptors (Lipinski definition) is 2. The highest BCUT2D eigenvalue weighted by atomic mass is 16.3. The number of nitrogens with zero attached hydrogens (tertiary/aromatic N) is 1. The molecule has 2 heteroatoms. The summed E-state index contributed by atoms with van der Waals surface area (Å²) in [5.74, 6) is 1.77. The largest absolute Gasteiger partial charge is 0.456 e. The zero-order valence-corrected chi connectivity index (χ0v) is 13.9. The Morgan fingerprint density at radius 3 is 2.33 bits per heavy atom. The molecule has 0 amide bonds. The topological polar surface area (TPSA) is 26.0 Å². The summed E-state index contributed by atoms with van der Waals surface area (Å²) in [7, 11) is 0. The van der Waals surface area contributed by atoms with Gasteiger partial charge in [-0.15, -0.1) is 0 Å². The van der Waals surface area contributed by atoms with Crippen molar-refractivity contribution in [1.82, 2.24) is 4.98 Å². The molecule has 0 spiro atoms. The fraction of sp³-hybridized carbons (Fsp3) is 0.136. The highest BCUT2D eigenvalue weighted by Gasteiger charge is 2.09. The van der Waals surface area contributed by atoms with Gasteiger partial charge in [-0.05, 0) is 55.3 Å². The summed E-state index contributed by atoms with van der Waals surface area (Å²) in [6, 6.07) is 22.8. The number of aromatic nitrogens is 1. The van der Waals surface area contributed by atoms with E-state index in [-0.39, 0.29) is 0 Å². The average Bonchev–Trinajstić information content (AvgIpc) is 3.11. The van der Waals surface area contributed by atoms with Crippen LogP contribution < -0.4 is 0 Å². The van der Waals surface area contributed by atoms with Gasteiger partial charge in [-0.3, -0.25) is 4.98 Å². The van der Waals surface area contributed by atoms with Gasteiger partial charge < -0.3 is 4.42 Å². The highest BCUT2D eigenvalue weighted by Crippen LogP contribution is 2.30. The predicted octanol–water partition coefficient (Wildman–Crippen LogP) is 6.03. The van der Waals surface area contributed by atoms with E-state index >= 15 is 0 Å². The quantitative estimate of drug-likeness (QED) is 0.461. The minimum Gasteiger partial charge on any atom is -0.456 e. The van der Waals surface area contributed by atoms with Crippen molar-refractivity contribution in [2.75, 3.05) is 0 Å². The molecule has 0 bridgehead atoms. The maximum atomic E-state index is 6.06. The van der Waals surface area contributed by atoms with Crippen LogP contribution in [-0.2, 0) is 6.42 Å². The zero-order chi connectivity index (χ0) is 16.5. The minimum atomic E-state index is 0.884. The second-order valence-electron chi connectivity index (χ2n) is 6.02. The van der Waals surface area contributed by atoms with Gasteiger partial charge in [0.05, 0.1) is 5.52 Å². The summed E-state index contributed by atoms with van der Waals surface area (Å²) in [6.45, 7) is 4.24. The summed E-state index contributed by atoms with van der Waals surface area (Å²) >= 11 is 0. The maximum absolute atomic E-state index is 6.06. The Hall–Kier alpha value is -2.87. The summed E-state index contributed by atoms with van der Waals surface area (Å²) in [5.41, 5.74) is 5.61. The first-order chi connectivity index (χ1) is 11.7. The van der Waals surface area contributed by atoms with E-state index in [0.29, 0.717) is 0 Å². The molecule has 24 heavy (non-hydrogen) atoms. The van der Waals surface area contributed by atoms with Crippen molar-refractivity contribution in [3.8, 4) is 22.6 Å². The molecule has 0 saturated heterocycles. The number of hydrogen-bond donors (Lipinski definition) is 0. The Bertz CT molecular complexity index is 999. The van der Waals surface area contributed by atoms with Crippen LogP contribution in [0.3, 0.4) is 0 Å². The van der Waals surface area contributed by atoms with Crippen molar-refractivity contribution in [2.45, 2.75) is 20.3 Å². The number of rotatable bonds is 3. The number of pyridine rings is 1. The normalized spacial score (nSPS) is 11.1. The van der Waals surface area contributed by atoms with Crippen LogP contribution in [0.4, 0.5) is 0 Å². The van der Waals surface area contributed by atoms with Gasteiger partial charge in [0.15, 0.2) is 0 Å². The van der Waals surface area contributed by atoms with Gasteiger partial charge in [0.1, 0.15) is 11.5 Å². The first-order valence-electron chi connectivity index (χ1n) is 8.30. The summed E-state index contributed by atoms with van der Waals surface area (Å²) in [5, 5.41) is 1.16. The van der Waals surface area contributed by atoms with Gasteiger partial charge in [0.2, 0.25) is 0 Å². The first-order valence-corrected chi connectivity index (χ1v) is 8.30. The Morgan fingerprint density at radius 1 is 0.833 bits per heavy atom. The molecule has 0 aliphatic heterocycles. The van der Waals surface area contributed by atoms with E-state index in [1.54, 1.807) is 0 Å². The summed E-state index contributed by atoms with van der Waals surface area (Å²) < 4.78 is 6.06. The molecule has 0 fully saturated rings. The lowest BCUT2D eigenvalue weighted by Crippen LogP contribution is -1.92. The molecule has 4 rings (SSSR count). The fourth-order valence-corrected chi connectivity index (χ4v) is 3.08. The van der Waals surface area contributed by atoms with Crippen molar-refractivity contribution in [1.29, 1.82) is 0 Å². The molecule has 2 heterocycles. The molecule has 0 unspecified atom stereocenters. The van der Waals surface area contributed by atoms with E-state index in [9.17, 15) is 0 Å². The molecule has 0 atom stereocenters. The second kappa shape index (κ2) is 5.97. The molecule has 0 aliphatic carbocycles. The van der Waals surface area contributed by atoms with Gasteiger partial charge in [0, 0.05) is 22.2 Å². The molecule has 2 nitrogen and oxygen atoms in total. The predicted molar refractivity (Wildman–Crippen MR) is 99.0 cm³/mol. The van der Waals surface area contributed by atoms with E-state index < -0.39 is 0 Å². The van der Waals surface area contributed by atoms with Crippen LogP contribution in [0.2, 0.25) is 0 Å². The van der Waals surface area contributed by atoms with Crippen molar-refractivity contribution >= 4 is 10.9 Å². The SMILES string of the molecule is CCc1cc2cc(-c3ccc(-c4ccccc4)o3)ccc2nc1C. The smallest absolute Gasteiger partial charge is 0.134 e. The van der Waals surface area contributed by atoms with E-state index in [4.69, 9.17) is 9.40 Å². The molecule has 2 aromatic heterocycles. The lowest BCUT2D eigenvalue weighted by atomic mass is 10.0. The standard InChI is InChI=1S/C22H19NO/c1-3-16-13-19-14-18(9-10-20(19)23-15(16)2)22-12-11-21(24-22)17-7-5-4-6-8-17/h4-14H,3H2,1-2H3. The monoisotopic (exact) mass is 313 g/mol. The van der Waals surface area contributed by atoms with Crippen molar-refractivity contribution < 1.29 is 4.42 Å². The van der Waals surface area contributed by atoms with Gasteiger partial charge in [-0.2, -0.15) is 0 Å². The van der Waals surface area contributed by atoms with Crippen molar-refractivity contribution in [2.24, 2.45) is 0 Å². The lowest BCUT2D eigenvalue weighted by molar-refractivity contribution is 0.597. The van der Waals surface area contributed by atoms with Gasteiger partial charge in [0.25, 0.3) is 0 Å². The summed E-state index contributed by atoms with van der Waals surface area (Å²) in [6.07, 6.45) is 0.998. The molecular formula is C22H19NO. The van der Waals surface area contributed by atoms with Crippen LogP contribution in [0.25, 0.3) is 33.6 Å². The summed E-state index contributed by atoms with van der Waals surface area (Å²) in [4.78, 5) is 4.70. The molecule has 0 aliphatic rings. The van der Waals surface area contributed by atoms with E-state index in [0.717, 1.165) is 45.7 Å². The minimum absolute atomic E-state index is 0.884. The molecule has 2 aromatic carbocycles. The fourth-order valence-electron chi connectivity index (χ4n) is 3.08. The highest BCUT2D eigenvalue weighted by molar-refractivity contribution is 5.84. The molecule has 118 valence electrons. The van der Waals surface area contributed by atoms with Crippen LogP contribution >= 0.6 is 0 Å². The molecular weight excluding hydrogens is 294 g/mol. The van der Waals surface area contributed by atoms with Crippen LogP contribution in [-0.4, -0.2) is 4.98 Å². The maximum Gasteiger partial charge on any atom is 0.134 e. The van der Waals surface area contributed by atoms with Crippen molar-refractivity contribution in [3.63, 3.8) is 0 Å². The Kier molecular flexibility index (Phi) is 3.66.